The molecule has 0 radical (unpaired) electrons. The van der Waals surface area contributed by atoms with Crippen LogP contribution in [0.3, 0.4) is 0 Å². The molecule has 0 heterocycles. The predicted octanol–water partition coefficient (Wildman–Crippen LogP) is 2.47. The molecule has 2 nitrogen and oxygen atoms in total. The number of hydrogen-bond acceptors (Lipinski definition) is 2. The van der Waals surface area contributed by atoms with E-state index >= 15 is 0 Å². The maximum absolute atomic E-state index is 6.36. The number of hydrogen-bond donors (Lipinski definition) is 1. The Morgan fingerprint density at radius 3 is 2.76 bits per heavy atom. The number of fused-ring (bicyclic) bond motifs is 1. The number of benzene rings is 1. The smallest absolute Gasteiger partial charge is 0.0645 e. The summed E-state index contributed by atoms with van der Waals surface area (Å²) in [6, 6.07) is 6.85. The molecular weight excluding hydrogens is 210 g/mol. The van der Waals surface area contributed by atoms with Crippen molar-refractivity contribution in [2.75, 3.05) is 13.7 Å². The second-order valence-corrected chi connectivity index (χ2v) is 5.28. The second-order valence-electron chi connectivity index (χ2n) is 5.28. The van der Waals surface area contributed by atoms with E-state index in [0.717, 1.165) is 12.8 Å². The lowest BCUT2D eigenvalue weighted by Gasteiger charge is -2.27. The molecule has 2 N–H and O–H groups in total. The van der Waals surface area contributed by atoms with Gasteiger partial charge in [-0.3, -0.25) is 0 Å². The van der Waals surface area contributed by atoms with E-state index in [2.05, 4.69) is 25.1 Å². The minimum atomic E-state index is -0.221. The van der Waals surface area contributed by atoms with Crippen molar-refractivity contribution < 1.29 is 4.74 Å². The average Bonchev–Trinajstić information content (AvgIpc) is 2.76. The van der Waals surface area contributed by atoms with E-state index in [9.17, 15) is 0 Å². The molecule has 0 aromatic heterocycles. The Morgan fingerprint density at radius 1 is 1.29 bits per heavy atom. The molecule has 1 aromatic rings. The molecule has 1 aromatic carbocycles. The first-order valence-corrected chi connectivity index (χ1v) is 6.55. The van der Waals surface area contributed by atoms with Crippen molar-refractivity contribution in [3.63, 3.8) is 0 Å². The molecule has 94 valence electrons. The van der Waals surface area contributed by atoms with Crippen LogP contribution in [0.25, 0.3) is 0 Å². The fraction of sp³-hybridized carbons (Fsp3) is 0.600. The van der Waals surface area contributed by atoms with Crippen LogP contribution < -0.4 is 5.73 Å². The van der Waals surface area contributed by atoms with Crippen molar-refractivity contribution in [3.05, 3.63) is 34.9 Å². The Labute approximate surface area is 104 Å². The summed E-state index contributed by atoms with van der Waals surface area (Å²) in [7, 11) is 1.72. The first kappa shape index (κ1) is 12.6. The summed E-state index contributed by atoms with van der Waals surface area (Å²) in [5.41, 5.74) is 10.5. The lowest BCUT2D eigenvalue weighted by molar-refractivity contribution is 0.129. The molecule has 0 aliphatic heterocycles. The highest BCUT2D eigenvalue weighted by Crippen LogP contribution is 2.25. The molecule has 1 aliphatic rings. The molecule has 1 unspecified atom stereocenters. The van der Waals surface area contributed by atoms with Gasteiger partial charge in [-0.15, -0.1) is 0 Å². The number of aryl methyl sites for hydroxylation is 2. The summed E-state index contributed by atoms with van der Waals surface area (Å²) in [6.07, 6.45) is 5.63. The SMILES string of the molecule is CCC(N)(COC)Cc1ccc2c(c1)CCC2. The Balaban J connectivity index is 2.12. The fourth-order valence-electron chi connectivity index (χ4n) is 2.71. The van der Waals surface area contributed by atoms with Crippen molar-refractivity contribution in [3.8, 4) is 0 Å². The number of methoxy groups -OCH3 is 1. The van der Waals surface area contributed by atoms with Crippen LogP contribution in [0.4, 0.5) is 0 Å². The lowest BCUT2D eigenvalue weighted by Crippen LogP contribution is -2.45. The highest BCUT2D eigenvalue weighted by molar-refractivity contribution is 5.36. The standard InChI is InChI=1S/C15H23NO/c1-3-15(16,11-17-2)10-12-7-8-13-5-4-6-14(13)9-12/h7-9H,3-6,10-11,16H2,1-2H3. The molecule has 1 atom stereocenters. The number of ether oxygens (including phenoxy) is 1. The average molecular weight is 233 g/mol. The number of rotatable bonds is 5. The second kappa shape index (κ2) is 5.19. The zero-order chi connectivity index (χ0) is 12.3. The molecule has 1 aliphatic carbocycles. The van der Waals surface area contributed by atoms with Gasteiger partial charge in [-0.25, -0.2) is 0 Å². The highest BCUT2D eigenvalue weighted by Gasteiger charge is 2.23. The first-order valence-electron chi connectivity index (χ1n) is 6.55. The fourth-order valence-corrected chi connectivity index (χ4v) is 2.71. The quantitative estimate of drug-likeness (QED) is 0.848. The summed E-state index contributed by atoms with van der Waals surface area (Å²) >= 11 is 0. The molecular formula is C15H23NO. The third-order valence-corrected chi connectivity index (χ3v) is 3.86. The molecule has 17 heavy (non-hydrogen) atoms. The van der Waals surface area contributed by atoms with Gasteiger partial charge in [0.1, 0.15) is 0 Å². The van der Waals surface area contributed by atoms with Crippen LogP contribution >= 0.6 is 0 Å². The third-order valence-electron chi connectivity index (χ3n) is 3.86. The zero-order valence-corrected chi connectivity index (χ0v) is 11.0. The van der Waals surface area contributed by atoms with Crippen LogP contribution in [0.5, 0.6) is 0 Å². The lowest BCUT2D eigenvalue weighted by atomic mass is 9.89. The van der Waals surface area contributed by atoms with Crippen LogP contribution in [-0.2, 0) is 24.0 Å². The summed E-state index contributed by atoms with van der Waals surface area (Å²) in [5, 5.41) is 0. The van der Waals surface area contributed by atoms with E-state index < -0.39 is 0 Å². The van der Waals surface area contributed by atoms with E-state index in [0.29, 0.717) is 6.61 Å². The molecule has 0 bridgehead atoms. The van der Waals surface area contributed by atoms with Gasteiger partial charge in [0.2, 0.25) is 0 Å². The topological polar surface area (TPSA) is 35.2 Å². The Bertz CT molecular complexity index is 389. The summed E-state index contributed by atoms with van der Waals surface area (Å²) < 4.78 is 5.24. The van der Waals surface area contributed by atoms with Gasteiger partial charge in [-0.1, -0.05) is 25.1 Å². The van der Waals surface area contributed by atoms with E-state index in [1.54, 1.807) is 7.11 Å². The van der Waals surface area contributed by atoms with Crippen LogP contribution in [-0.4, -0.2) is 19.3 Å². The molecule has 2 rings (SSSR count). The molecule has 0 spiro atoms. The minimum absolute atomic E-state index is 0.221. The van der Waals surface area contributed by atoms with Gasteiger partial charge in [0.15, 0.2) is 0 Å². The predicted molar refractivity (Wildman–Crippen MR) is 71.3 cm³/mol. The molecule has 0 saturated heterocycles. The summed E-state index contributed by atoms with van der Waals surface area (Å²) in [5.74, 6) is 0. The zero-order valence-electron chi connectivity index (χ0n) is 11.0. The monoisotopic (exact) mass is 233 g/mol. The van der Waals surface area contributed by atoms with Gasteiger partial charge in [0.05, 0.1) is 6.61 Å². The van der Waals surface area contributed by atoms with Gasteiger partial charge < -0.3 is 10.5 Å². The summed E-state index contributed by atoms with van der Waals surface area (Å²) in [4.78, 5) is 0. The van der Waals surface area contributed by atoms with Crippen molar-refractivity contribution in [2.24, 2.45) is 5.73 Å². The first-order chi connectivity index (χ1) is 8.17. The largest absolute Gasteiger partial charge is 0.383 e. The molecule has 0 fully saturated rings. The Hall–Kier alpha value is -0.860. The van der Waals surface area contributed by atoms with Crippen molar-refractivity contribution in [1.82, 2.24) is 0 Å². The van der Waals surface area contributed by atoms with Gasteiger partial charge in [0.25, 0.3) is 0 Å². The Morgan fingerprint density at radius 2 is 2.06 bits per heavy atom. The highest BCUT2D eigenvalue weighted by atomic mass is 16.5. The van der Waals surface area contributed by atoms with E-state index in [1.165, 1.54) is 36.0 Å². The van der Waals surface area contributed by atoms with E-state index in [-0.39, 0.29) is 5.54 Å². The maximum atomic E-state index is 6.36. The Kier molecular flexibility index (Phi) is 3.85. The molecule has 0 amide bonds. The van der Waals surface area contributed by atoms with Crippen molar-refractivity contribution >= 4 is 0 Å². The normalized spacial score (nSPS) is 17.8. The van der Waals surface area contributed by atoms with Crippen LogP contribution in [0.15, 0.2) is 18.2 Å². The van der Waals surface area contributed by atoms with Gasteiger partial charge in [0, 0.05) is 12.6 Å². The van der Waals surface area contributed by atoms with Crippen LogP contribution in [0.2, 0.25) is 0 Å². The van der Waals surface area contributed by atoms with Gasteiger partial charge >= 0.3 is 0 Å². The molecule has 0 saturated carbocycles. The van der Waals surface area contributed by atoms with Crippen LogP contribution in [0, 0.1) is 0 Å². The third kappa shape index (κ3) is 2.88. The maximum Gasteiger partial charge on any atom is 0.0645 e. The minimum Gasteiger partial charge on any atom is -0.383 e. The van der Waals surface area contributed by atoms with Gasteiger partial charge in [-0.05, 0) is 48.8 Å². The van der Waals surface area contributed by atoms with Crippen LogP contribution in [0.1, 0.15) is 36.5 Å². The van der Waals surface area contributed by atoms with E-state index in [1.807, 2.05) is 0 Å². The van der Waals surface area contributed by atoms with Crippen molar-refractivity contribution in [1.29, 1.82) is 0 Å². The van der Waals surface area contributed by atoms with Crippen molar-refractivity contribution in [2.45, 2.75) is 44.6 Å². The molecule has 2 heteroatoms. The summed E-state index contributed by atoms with van der Waals surface area (Å²) in [6.45, 7) is 2.76. The van der Waals surface area contributed by atoms with E-state index in [4.69, 9.17) is 10.5 Å². The number of nitrogens with two attached hydrogens (primary N) is 1. The van der Waals surface area contributed by atoms with Gasteiger partial charge in [-0.2, -0.15) is 0 Å².